The van der Waals surface area contributed by atoms with Crippen molar-refractivity contribution >= 4 is 46.2 Å². The SMILES string of the molecule is CCc1ccc(CCOc2ccc(CC(C)(SC=O)C(=O)N(C)Cc3ccc(CCOc4ccc(CC5SC(=O)NC5=O)cc4)nc3)cc2)nc1. The molecule has 4 aromatic rings. The van der Waals surface area contributed by atoms with Crippen LogP contribution in [0.25, 0.3) is 0 Å². The van der Waals surface area contributed by atoms with Gasteiger partial charge in [0.25, 0.3) is 5.24 Å². The number of hydrogen-bond donors (Lipinski definition) is 1. The Balaban J connectivity index is 1.06. The number of amides is 3. The number of hydrogen-bond acceptors (Lipinski definition) is 10. The van der Waals surface area contributed by atoms with Crippen LogP contribution in [0.5, 0.6) is 11.5 Å². The van der Waals surface area contributed by atoms with E-state index < -0.39 is 10.00 Å². The molecule has 3 heterocycles. The molecule has 3 amide bonds. The number of thioether (sulfide) groups is 2. The molecule has 1 aliphatic heterocycles. The maximum atomic E-state index is 13.7. The van der Waals surface area contributed by atoms with Crippen LogP contribution in [0.2, 0.25) is 0 Å². The summed E-state index contributed by atoms with van der Waals surface area (Å²) >= 11 is 2.01. The number of carbonyl (C=O) groups excluding carboxylic acids is 4. The van der Waals surface area contributed by atoms with Gasteiger partial charge in [-0.2, -0.15) is 0 Å². The minimum absolute atomic E-state index is 0.149. The zero-order valence-corrected chi connectivity index (χ0v) is 30.6. The Hall–Kier alpha value is -4.68. The fraction of sp³-hybridized carbons (Fsp3) is 0.333. The number of pyridine rings is 2. The summed E-state index contributed by atoms with van der Waals surface area (Å²) in [5.74, 6) is 1.04. The lowest BCUT2D eigenvalue weighted by atomic mass is 9.98. The second kappa shape index (κ2) is 18.0. The van der Waals surface area contributed by atoms with Crippen molar-refractivity contribution in [1.82, 2.24) is 20.2 Å². The van der Waals surface area contributed by atoms with E-state index in [1.165, 1.54) is 5.56 Å². The second-order valence-corrected chi connectivity index (χ2v) is 15.0. The summed E-state index contributed by atoms with van der Waals surface area (Å²) in [4.78, 5) is 59.2. The molecule has 1 fully saturated rings. The van der Waals surface area contributed by atoms with Crippen LogP contribution < -0.4 is 14.8 Å². The zero-order chi connectivity index (χ0) is 36.2. The highest BCUT2D eigenvalue weighted by atomic mass is 32.2. The van der Waals surface area contributed by atoms with E-state index in [2.05, 4.69) is 28.3 Å². The Morgan fingerprint density at radius 3 is 1.90 bits per heavy atom. The van der Waals surface area contributed by atoms with Gasteiger partial charge in [-0.25, -0.2) is 0 Å². The fourth-order valence-corrected chi connectivity index (χ4v) is 7.21. The van der Waals surface area contributed by atoms with E-state index in [0.29, 0.717) is 51.2 Å². The maximum absolute atomic E-state index is 13.7. The van der Waals surface area contributed by atoms with Gasteiger partial charge in [-0.05, 0) is 84.8 Å². The molecule has 0 spiro atoms. The predicted molar refractivity (Wildman–Crippen MR) is 201 cm³/mol. The van der Waals surface area contributed by atoms with Gasteiger partial charge in [-0.3, -0.25) is 34.5 Å². The van der Waals surface area contributed by atoms with Gasteiger partial charge >= 0.3 is 0 Å². The molecule has 5 rings (SSSR count). The Bertz CT molecular complexity index is 1790. The van der Waals surface area contributed by atoms with E-state index in [9.17, 15) is 19.2 Å². The van der Waals surface area contributed by atoms with Crippen molar-refractivity contribution < 1.29 is 28.7 Å². The summed E-state index contributed by atoms with van der Waals surface area (Å²) in [6.45, 7) is 5.19. The lowest BCUT2D eigenvalue weighted by Crippen LogP contribution is -2.44. The number of carbonyl (C=O) groups is 4. The van der Waals surface area contributed by atoms with Gasteiger partial charge in [0.15, 0.2) is 5.62 Å². The van der Waals surface area contributed by atoms with Crippen LogP contribution in [-0.2, 0) is 53.0 Å². The molecule has 12 heteroatoms. The molecule has 2 aromatic heterocycles. The van der Waals surface area contributed by atoms with Crippen LogP contribution in [0, 0.1) is 0 Å². The molecular weight excluding hydrogens is 685 g/mol. The number of ether oxygens (including phenoxy) is 2. The summed E-state index contributed by atoms with van der Waals surface area (Å²) in [6.07, 6.45) is 6.79. The number of aryl methyl sites for hydroxylation is 1. The molecule has 1 aliphatic rings. The first-order valence-corrected chi connectivity index (χ1v) is 18.6. The van der Waals surface area contributed by atoms with Gasteiger partial charge < -0.3 is 14.4 Å². The normalized spacial score (nSPS) is 15.2. The number of nitrogens with one attached hydrogen (secondary N) is 1. The monoisotopic (exact) mass is 726 g/mol. The molecule has 2 atom stereocenters. The summed E-state index contributed by atoms with van der Waals surface area (Å²) in [5, 5.41) is 1.61. The number of rotatable bonds is 18. The topological polar surface area (TPSA) is 128 Å². The van der Waals surface area contributed by atoms with Crippen LogP contribution in [0.1, 0.15) is 47.5 Å². The van der Waals surface area contributed by atoms with Crippen LogP contribution in [0.15, 0.2) is 85.2 Å². The lowest BCUT2D eigenvalue weighted by Gasteiger charge is -2.31. The van der Waals surface area contributed by atoms with E-state index in [4.69, 9.17) is 9.47 Å². The molecule has 1 saturated heterocycles. The van der Waals surface area contributed by atoms with Gasteiger partial charge in [0.1, 0.15) is 16.2 Å². The summed E-state index contributed by atoms with van der Waals surface area (Å²) < 4.78 is 10.8. The Labute approximate surface area is 307 Å². The molecule has 0 bridgehead atoms. The Morgan fingerprint density at radius 2 is 1.41 bits per heavy atom. The van der Waals surface area contributed by atoms with Crippen molar-refractivity contribution in [2.24, 2.45) is 0 Å². The van der Waals surface area contributed by atoms with Gasteiger partial charge in [-0.15, -0.1) is 0 Å². The second-order valence-electron chi connectivity index (χ2n) is 12.5. The van der Waals surface area contributed by atoms with Gasteiger partial charge in [-0.1, -0.05) is 66.8 Å². The maximum Gasteiger partial charge on any atom is 0.286 e. The van der Waals surface area contributed by atoms with Crippen molar-refractivity contribution in [3.8, 4) is 11.5 Å². The molecule has 0 radical (unpaired) electrons. The van der Waals surface area contributed by atoms with E-state index in [1.54, 1.807) is 25.1 Å². The standard InChI is InChI=1S/C39H42N4O6S2/c1-4-27-5-11-31(40-23-27)17-19-49-34-15-9-29(10-16-34)22-39(2,50-26-44)37(46)43(3)25-30-6-12-32(41-24-30)18-20-48-33-13-7-28(8-14-33)21-35-36(45)42-38(47)51-35/h5-16,23-24,26,35H,4,17-22,25H2,1-3H3,(H,42,45,47). The molecule has 0 saturated carbocycles. The molecular formula is C39H42N4O6S2. The van der Waals surface area contributed by atoms with Crippen LogP contribution in [-0.4, -0.2) is 67.8 Å². The third kappa shape index (κ3) is 10.9. The summed E-state index contributed by atoms with van der Waals surface area (Å²) in [7, 11) is 1.74. The van der Waals surface area contributed by atoms with Gasteiger partial charge in [0, 0.05) is 50.2 Å². The fourth-order valence-electron chi connectivity index (χ4n) is 5.64. The van der Waals surface area contributed by atoms with Crippen molar-refractivity contribution in [2.45, 2.75) is 62.5 Å². The molecule has 2 unspecified atom stereocenters. The first-order valence-electron chi connectivity index (χ1n) is 16.8. The highest BCUT2D eigenvalue weighted by Gasteiger charge is 2.37. The van der Waals surface area contributed by atoms with E-state index in [-0.39, 0.29) is 17.1 Å². The lowest BCUT2D eigenvalue weighted by molar-refractivity contribution is -0.132. The molecule has 0 aliphatic carbocycles. The third-order valence-corrected chi connectivity index (χ3v) is 10.5. The quantitative estimate of drug-likeness (QED) is 0.121. The smallest absolute Gasteiger partial charge is 0.286 e. The van der Waals surface area contributed by atoms with E-state index in [1.807, 2.05) is 72.9 Å². The minimum Gasteiger partial charge on any atom is -0.493 e. The Morgan fingerprint density at radius 1 is 0.863 bits per heavy atom. The summed E-state index contributed by atoms with van der Waals surface area (Å²) in [5.41, 5.74) is 6.54. The largest absolute Gasteiger partial charge is 0.493 e. The van der Waals surface area contributed by atoms with Gasteiger partial charge in [0.2, 0.25) is 11.8 Å². The van der Waals surface area contributed by atoms with Crippen molar-refractivity contribution in [2.75, 3.05) is 20.3 Å². The Kier molecular flexibility index (Phi) is 13.3. The van der Waals surface area contributed by atoms with Gasteiger partial charge in [0.05, 0.1) is 18.5 Å². The molecule has 10 nitrogen and oxygen atoms in total. The summed E-state index contributed by atoms with van der Waals surface area (Å²) in [6, 6.07) is 23.1. The van der Waals surface area contributed by atoms with Crippen LogP contribution in [0.4, 0.5) is 4.79 Å². The van der Waals surface area contributed by atoms with Crippen molar-refractivity contribution in [1.29, 1.82) is 0 Å². The van der Waals surface area contributed by atoms with Crippen LogP contribution >= 0.6 is 23.5 Å². The molecule has 1 N–H and O–H groups in total. The highest BCUT2D eigenvalue weighted by molar-refractivity contribution is 8.15. The third-order valence-electron chi connectivity index (χ3n) is 8.54. The molecule has 2 aromatic carbocycles. The number of aromatic nitrogens is 2. The minimum atomic E-state index is -0.985. The molecule has 266 valence electrons. The van der Waals surface area contributed by atoms with E-state index >= 15 is 0 Å². The average molecular weight is 727 g/mol. The van der Waals surface area contributed by atoms with Crippen molar-refractivity contribution in [3.63, 3.8) is 0 Å². The highest BCUT2D eigenvalue weighted by Crippen LogP contribution is 2.31. The number of imide groups is 1. The number of nitrogens with zero attached hydrogens (tertiary/aromatic N) is 3. The zero-order valence-electron chi connectivity index (χ0n) is 29.0. The first-order chi connectivity index (χ1) is 24.6. The van der Waals surface area contributed by atoms with Crippen molar-refractivity contribution in [3.05, 3.63) is 119 Å². The first kappa shape index (κ1) is 37.6. The predicted octanol–water partition coefficient (Wildman–Crippen LogP) is 6.06. The molecule has 51 heavy (non-hydrogen) atoms. The van der Waals surface area contributed by atoms with E-state index in [0.717, 1.165) is 69.4 Å². The van der Waals surface area contributed by atoms with Crippen LogP contribution in [0.3, 0.4) is 0 Å². The average Bonchev–Trinajstić information content (AvgIpc) is 3.45. The number of benzene rings is 2.